The molecule has 0 radical (unpaired) electrons. The highest BCUT2D eigenvalue weighted by Crippen LogP contribution is 2.36. The monoisotopic (exact) mass is 601 g/mol. The minimum Gasteiger partial charge on any atom is -0.456 e. The average Bonchev–Trinajstić information content (AvgIpc) is 3.52. The van der Waals surface area contributed by atoms with Crippen LogP contribution in [-0.2, 0) is 0 Å². The summed E-state index contributed by atoms with van der Waals surface area (Å²) >= 11 is 0. The van der Waals surface area contributed by atoms with Gasteiger partial charge in [-0.05, 0) is 57.3 Å². The Labute approximate surface area is 271 Å². The maximum atomic E-state index is 6.49. The van der Waals surface area contributed by atoms with Gasteiger partial charge < -0.3 is 4.42 Å². The van der Waals surface area contributed by atoms with Crippen molar-refractivity contribution in [1.82, 2.24) is 15.0 Å². The second-order valence-corrected chi connectivity index (χ2v) is 11.7. The molecule has 0 fully saturated rings. The van der Waals surface area contributed by atoms with Crippen molar-refractivity contribution in [2.24, 2.45) is 0 Å². The topological polar surface area (TPSA) is 51.8 Å². The fourth-order valence-electron chi connectivity index (χ4n) is 6.34. The minimum absolute atomic E-state index is 0.600. The third-order valence-electron chi connectivity index (χ3n) is 8.75. The minimum atomic E-state index is 0.600. The van der Waals surface area contributed by atoms with Crippen LogP contribution in [-0.4, -0.2) is 15.0 Å². The Kier molecular flexibility index (Phi) is 6.43. The van der Waals surface area contributed by atoms with Crippen molar-refractivity contribution in [3.8, 4) is 56.4 Å². The Morgan fingerprint density at radius 1 is 0.319 bits per heavy atom. The number of hydrogen-bond donors (Lipinski definition) is 0. The first-order chi connectivity index (χ1) is 23.3. The van der Waals surface area contributed by atoms with E-state index in [0.717, 1.165) is 60.5 Å². The fraction of sp³-hybridized carbons (Fsp3) is 0. The predicted molar refractivity (Wildman–Crippen MR) is 192 cm³/mol. The van der Waals surface area contributed by atoms with Gasteiger partial charge in [-0.1, -0.05) is 140 Å². The molecule has 0 N–H and O–H groups in total. The molecule has 0 aliphatic heterocycles. The van der Waals surface area contributed by atoms with E-state index >= 15 is 0 Å². The van der Waals surface area contributed by atoms with E-state index in [9.17, 15) is 0 Å². The number of fused-ring (bicyclic) bond motifs is 4. The van der Waals surface area contributed by atoms with Gasteiger partial charge in [0.05, 0.1) is 0 Å². The first-order valence-electron chi connectivity index (χ1n) is 15.7. The maximum Gasteiger partial charge on any atom is 0.164 e. The van der Waals surface area contributed by atoms with E-state index in [1.165, 1.54) is 11.1 Å². The highest BCUT2D eigenvalue weighted by molar-refractivity contribution is 6.07. The lowest BCUT2D eigenvalue weighted by Crippen LogP contribution is -2.00. The summed E-state index contributed by atoms with van der Waals surface area (Å²) in [5.74, 6) is 1.87. The highest BCUT2D eigenvalue weighted by atomic mass is 16.3. The first kappa shape index (κ1) is 27.0. The smallest absolute Gasteiger partial charge is 0.164 e. The molecule has 4 heteroatoms. The molecule has 220 valence electrons. The maximum absolute atomic E-state index is 6.49. The summed E-state index contributed by atoms with van der Waals surface area (Å²) in [6.45, 7) is 0. The zero-order chi connectivity index (χ0) is 31.2. The van der Waals surface area contributed by atoms with Crippen LogP contribution in [0.1, 0.15) is 0 Å². The quantitative estimate of drug-likeness (QED) is 0.197. The molecule has 0 aliphatic rings. The van der Waals surface area contributed by atoms with Crippen molar-refractivity contribution in [3.05, 3.63) is 164 Å². The zero-order valence-corrected chi connectivity index (χ0v) is 25.3. The Hall–Kier alpha value is -6.39. The van der Waals surface area contributed by atoms with E-state index in [-0.39, 0.29) is 0 Å². The van der Waals surface area contributed by atoms with Crippen molar-refractivity contribution >= 4 is 32.7 Å². The van der Waals surface area contributed by atoms with Crippen molar-refractivity contribution in [1.29, 1.82) is 0 Å². The van der Waals surface area contributed by atoms with Crippen molar-refractivity contribution in [2.45, 2.75) is 0 Å². The number of nitrogens with zero attached hydrogens (tertiary/aromatic N) is 3. The first-order valence-corrected chi connectivity index (χ1v) is 15.7. The molecule has 2 heterocycles. The van der Waals surface area contributed by atoms with Crippen molar-refractivity contribution in [2.75, 3.05) is 0 Å². The third-order valence-corrected chi connectivity index (χ3v) is 8.75. The van der Waals surface area contributed by atoms with Gasteiger partial charge in [-0.25, -0.2) is 15.0 Å². The molecule has 9 aromatic rings. The normalized spacial score (nSPS) is 11.4. The number of aromatic nitrogens is 3. The second-order valence-electron chi connectivity index (χ2n) is 11.7. The number of rotatable bonds is 5. The van der Waals surface area contributed by atoms with Crippen LogP contribution >= 0.6 is 0 Å². The van der Waals surface area contributed by atoms with Gasteiger partial charge in [0, 0.05) is 27.5 Å². The summed E-state index contributed by atoms with van der Waals surface area (Å²) in [5, 5.41) is 4.38. The van der Waals surface area contributed by atoms with Crippen LogP contribution in [0.4, 0.5) is 0 Å². The molecule has 7 aromatic carbocycles. The lowest BCUT2D eigenvalue weighted by atomic mass is 9.99. The van der Waals surface area contributed by atoms with Crippen LogP contribution < -0.4 is 0 Å². The molecule has 9 rings (SSSR count). The summed E-state index contributed by atoms with van der Waals surface area (Å²) in [7, 11) is 0. The summed E-state index contributed by atoms with van der Waals surface area (Å²) in [6, 6.07) is 56.4. The number of benzene rings is 7. The van der Waals surface area contributed by atoms with E-state index in [1.807, 2.05) is 54.6 Å². The molecular weight excluding hydrogens is 574 g/mol. The SMILES string of the molecule is c1ccc(-c2ccc(-c3ccc4c(c3)oc3cc(-c5nc(-c6ccccc6)nc(-c6cccc7ccccc67)n5)ccc34)cc2)cc1. The van der Waals surface area contributed by atoms with Crippen LogP contribution in [0.2, 0.25) is 0 Å². The molecule has 4 nitrogen and oxygen atoms in total. The molecule has 0 aliphatic carbocycles. The standard InChI is InChI=1S/C43H27N3O/c1-3-10-28(11-4-1)29-18-20-30(21-19-29)33-22-24-36-37-25-23-34(27-40(37)47-39(36)26-33)42-44-41(32-13-5-2-6-14-32)45-43(46-42)38-17-9-15-31-12-7-8-16-35(31)38/h1-27H. The van der Waals surface area contributed by atoms with Gasteiger partial charge in [0.25, 0.3) is 0 Å². The van der Waals surface area contributed by atoms with E-state index in [4.69, 9.17) is 19.4 Å². The summed E-state index contributed by atoms with van der Waals surface area (Å²) in [6.07, 6.45) is 0. The van der Waals surface area contributed by atoms with Gasteiger partial charge in [0.15, 0.2) is 17.5 Å². The van der Waals surface area contributed by atoms with Gasteiger partial charge in [-0.15, -0.1) is 0 Å². The average molecular weight is 602 g/mol. The van der Waals surface area contributed by atoms with Crippen LogP contribution in [0, 0.1) is 0 Å². The largest absolute Gasteiger partial charge is 0.456 e. The van der Waals surface area contributed by atoms with Gasteiger partial charge in [0.1, 0.15) is 11.2 Å². The molecule has 0 spiro atoms. The van der Waals surface area contributed by atoms with E-state index < -0.39 is 0 Å². The van der Waals surface area contributed by atoms with Crippen molar-refractivity contribution < 1.29 is 4.42 Å². The molecule has 47 heavy (non-hydrogen) atoms. The van der Waals surface area contributed by atoms with Gasteiger partial charge in [0.2, 0.25) is 0 Å². The Morgan fingerprint density at radius 3 is 1.53 bits per heavy atom. The van der Waals surface area contributed by atoms with E-state index in [0.29, 0.717) is 17.5 Å². The summed E-state index contributed by atoms with van der Waals surface area (Å²) < 4.78 is 6.49. The third kappa shape index (κ3) is 4.93. The van der Waals surface area contributed by atoms with Crippen LogP contribution in [0.15, 0.2) is 168 Å². The molecule has 0 atom stereocenters. The number of hydrogen-bond acceptors (Lipinski definition) is 4. The molecule has 0 unspecified atom stereocenters. The van der Waals surface area contributed by atoms with Crippen LogP contribution in [0.25, 0.3) is 89.1 Å². The molecule has 0 saturated carbocycles. The molecule has 0 bridgehead atoms. The second kappa shape index (κ2) is 11.2. The predicted octanol–water partition coefficient (Wildman–Crippen LogP) is 11.3. The van der Waals surface area contributed by atoms with Crippen molar-refractivity contribution in [3.63, 3.8) is 0 Å². The molecule has 0 saturated heterocycles. The lowest BCUT2D eigenvalue weighted by molar-refractivity contribution is 0.669. The van der Waals surface area contributed by atoms with Gasteiger partial charge in [-0.3, -0.25) is 0 Å². The zero-order valence-electron chi connectivity index (χ0n) is 25.3. The lowest BCUT2D eigenvalue weighted by Gasteiger charge is -2.10. The Bertz CT molecular complexity index is 2550. The number of furan rings is 1. The fourth-order valence-corrected chi connectivity index (χ4v) is 6.34. The van der Waals surface area contributed by atoms with Gasteiger partial charge in [-0.2, -0.15) is 0 Å². The Morgan fingerprint density at radius 2 is 0.809 bits per heavy atom. The van der Waals surface area contributed by atoms with Crippen LogP contribution in [0.3, 0.4) is 0 Å². The summed E-state index contributed by atoms with van der Waals surface area (Å²) in [4.78, 5) is 15.0. The molecular formula is C43H27N3O. The van der Waals surface area contributed by atoms with E-state index in [2.05, 4.69) is 109 Å². The van der Waals surface area contributed by atoms with E-state index in [1.54, 1.807) is 0 Å². The summed E-state index contributed by atoms with van der Waals surface area (Å²) in [5.41, 5.74) is 9.08. The molecule has 0 amide bonds. The Balaban J connectivity index is 1.13. The highest BCUT2D eigenvalue weighted by Gasteiger charge is 2.16. The van der Waals surface area contributed by atoms with Crippen LogP contribution in [0.5, 0.6) is 0 Å². The molecule has 2 aromatic heterocycles. The van der Waals surface area contributed by atoms with Gasteiger partial charge >= 0.3 is 0 Å².